The summed E-state index contributed by atoms with van der Waals surface area (Å²) in [5.74, 6) is 0. The van der Waals surface area contributed by atoms with E-state index in [0.717, 1.165) is 13.1 Å². The zero-order valence-corrected chi connectivity index (χ0v) is 14.1. The van der Waals surface area contributed by atoms with E-state index in [9.17, 15) is 13.2 Å². The number of alkyl halides is 3. The number of hydrogen-bond acceptors (Lipinski definition) is 3. The molecule has 0 aromatic rings. The highest BCUT2D eigenvalue weighted by molar-refractivity contribution is 4.75. The minimum atomic E-state index is -4.50. The van der Waals surface area contributed by atoms with Crippen LogP contribution >= 0.6 is 0 Å². The lowest BCUT2D eigenvalue weighted by Crippen LogP contribution is -2.49. The molecule has 126 valence electrons. The number of β-amino-alcohol motifs (C(OH)–C–C–N with tert-alkyl or cyclic N) is 1. The molecule has 1 aliphatic heterocycles. The Kier molecular flexibility index (Phi) is 18.6. The highest BCUT2D eigenvalue weighted by atomic mass is 19.4. The number of likely N-dealkylation sites (N-methyl/N-ethyl adjacent to an activating group) is 1. The number of aliphatic hydroxyl groups excluding tert-OH is 1. The molecule has 1 N–H and O–H groups in total. The Labute approximate surface area is 122 Å². The van der Waals surface area contributed by atoms with E-state index in [1.807, 2.05) is 48.6 Å². The van der Waals surface area contributed by atoms with E-state index in [4.69, 9.17) is 5.11 Å². The summed E-state index contributed by atoms with van der Waals surface area (Å²) in [6, 6.07) is 0. The van der Waals surface area contributed by atoms with Gasteiger partial charge < -0.3 is 10.0 Å². The molecule has 0 aliphatic carbocycles. The van der Waals surface area contributed by atoms with Crippen LogP contribution in [0.15, 0.2) is 0 Å². The summed E-state index contributed by atoms with van der Waals surface area (Å²) in [5, 5.41) is 8.82. The SMILES string of the molecule is CC.CC.CC.CN1CCN(CC(O)C(F)(F)F)CC1. The van der Waals surface area contributed by atoms with Gasteiger partial charge in [0.2, 0.25) is 0 Å². The molecule has 0 aromatic carbocycles. The molecule has 1 saturated heterocycles. The van der Waals surface area contributed by atoms with Crippen molar-refractivity contribution in [2.24, 2.45) is 0 Å². The Balaban J connectivity index is -0.000000425. The molecule has 0 spiro atoms. The van der Waals surface area contributed by atoms with Gasteiger partial charge in [-0.2, -0.15) is 13.2 Å². The number of nitrogens with zero attached hydrogens (tertiary/aromatic N) is 2. The highest BCUT2D eigenvalue weighted by Gasteiger charge is 2.39. The number of hydrogen-bond donors (Lipinski definition) is 1. The molecular weight excluding hydrogens is 269 g/mol. The zero-order chi connectivity index (χ0) is 16.8. The summed E-state index contributed by atoms with van der Waals surface area (Å²) in [5.41, 5.74) is 0. The second kappa shape index (κ2) is 15.1. The molecule has 0 amide bonds. The van der Waals surface area contributed by atoms with E-state index in [0.29, 0.717) is 13.1 Å². The van der Waals surface area contributed by atoms with E-state index in [2.05, 4.69) is 4.90 Å². The van der Waals surface area contributed by atoms with Crippen LogP contribution in [0.2, 0.25) is 0 Å². The van der Waals surface area contributed by atoms with Crippen molar-refractivity contribution in [2.75, 3.05) is 39.8 Å². The summed E-state index contributed by atoms with van der Waals surface area (Å²) >= 11 is 0. The molecule has 1 fully saturated rings. The van der Waals surface area contributed by atoms with Gasteiger partial charge in [-0.15, -0.1) is 0 Å². The highest BCUT2D eigenvalue weighted by Crippen LogP contribution is 2.20. The van der Waals surface area contributed by atoms with Gasteiger partial charge >= 0.3 is 6.18 Å². The summed E-state index contributed by atoms with van der Waals surface area (Å²) in [7, 11) is 1.93. The molecule has 1 heterocycles. The Morgan fingerprint density at radius 1 is 0.900 bits per heavy atom. The lowest BCUT2D eigenvalue weighted by molar-refractivity contribution is -0.208. The Morgan fingerprint density at radius 2 is 1.25 bits per heavy atom. The van der Waals surface area contributed by atoms with E-state index < -0.39 is 12.3 Å². The maximum absolute atomic E-state index is 12.0. The maximum atomic E-state index is 12.0. The van der Waals surface area contributed by atoms with Crippen molar-refractivity contribution >= 4 is 0 Å². The molecule has 1 atom stereocenters. The van der Waals surface area contributed by atoms with Crippen LogP contribution in [0, 0.1) is 0 Å². The number of aliphatic hydroxyl groups is 1. The molecule has 0 radical (unpaired) electrons. The van der Waals surface area contributed by atoms with Gasteiger partial charge in [0, 0.05) is 32.7 Å². The molecule has 3 nitrogen and oxygen atoms in total. The molecule has 0 saturated carbocycles. The first-order valence-corrected chi connectivity index (χ1v) is 7.55. The van der Waals surface area contributed by atoms with E-state index >= 15 is 0 Å². The van der Waals surface area contributed by atoms with Crippen LogP contribution in [0.3, 0.4) is 0 Å². The fourth-order valence-electron chi connectivity index (χ4n) is 1.38. The van der Waals surface area contributed by atoms with Crippen LogP contribution in [0.4, 0.5) is 13.2 Å². The van der Waals surface area contributed by atoms with E-state index in [1.54, 1.807) is 4.90 Å². The number of piperazine rings is 1. The van der Waals surface area contributed by atoms with Crippen molar-refractivity contribution in [2.45, 2.75) is 53.8 Å². The van der Waals surface area contributed by atoms with Crippen LogP contribution in [-0.4, -0.2) is 67.0 Å². The first kappa shape index (κ1) is 24.7. The Bertz CT molecular complexity index is 182. The summed E-state index contributed by atoms with van der Waals surface area (Å²) in [6.07, 6.45) is -6.71. The molecule has 0 aromatic heterocycles. The monoisotopic (exact) mass is 302 g/mol. The summed E-state index contributed by atoms with van der Waals surface area (Å²) in [6.45, 7) is 14.4. The number of halogens is 3. The van der Waals surface area contributed by atoms with Gasteiger partial charge in [-0.3, -0.25) is 4.90 Å². The number of rotatable bonds is 2. The van der Waals surface area contributed by atoms with Crippen LogP contribution in [0.1, 0.15) is 41.5 Å². The second-order valence-electron chi connectivity index (χ2n) is 3.66. The lowest BCUT2D eigenvalue weighted by Gasteiger charge is -2.33. The Morgan fingerprint density at radius 3 is 1.55 bits per heavy atom. The van der Waals surface area contributed by atoms with Gasteiger partial charge in [0.25, 0.3) is 0 Å². The van der Waals surface area contributed by atoms with Gasteiger partial charge in [-0.05, 0) is 7.05 Å². The smallest absolute Gasteiger partial charge is 0.382 e. The van der Waals surface area contributed by atoms with Crippen molar-refractivity contribution in [1.82, 2.24) is 9.80 Å². The second-order valence-corrected chi connectivity index (χ2v) is 3.66. The molecule has 20 heavy (non-hydrogen) atoms. The Hall–Kier alpha value is -0.330. The third-order valence-electron chi connectivity index (χ3n) is 2.40. The van der Waals surface area contributed by atoms with Crippen LogP contribution < -0.4 is 0 Å². The largest absolute Gasteiger partial charge is 0.415 e. The fourth-order valence-corrected chi connectivity index (χ4v) is 1.38. The molecule has 1 unspecified atom stereocenters. The zero-order valence-electron chi connectivity index (χ0n) is 14.1. The van der Waals surface area contributed by atoms with Gasteiger partial charge in [0.15, 0.2) is 6.10 Å². The van der Waals surface area contributed by atoms with Crippen molar-refractivity contribution in [3.63, 3.8) is 0 Å². The lowest BCUT2D eigenvalue weighted by atomic mass is 10.2. The average molecular weight is 302 g/mol. The van der Waals surface area contributed by atoms with Gasteiger partial charge in [-0.25, -0.2) is 0 Å². The minimum Gasteiger partial charge on any atom is -0.382 e. The van der Waals surface area contributed by atoms with Gasteiger partial charge in [-0.1, -0.05) is 41.5 Å². The molecule has 6 heteroatoms. The molecule has 1 rings (SSSR count). The predicted molar refractivity (Wildman–Crippen MR) is 80.0 cm³/mol. The third kappa shape index (κ3) is 12.7. The topological polar surface area (TPSA) is 26.7 Å². The van der Waals surface area contributed by atoms with Crippen LogP contribution in [0.25, 0.3) is 0 Å². The van der Waals surface area contributed by atoms with Crippen LogP contribution in [-0.2, 0) is 0 Å². The average Bonchev–Trinajstić information content (AvgIpc) is 2.47. The molecule has 0 bridgehead atoms. The third-order valence-corrected chi connectivity index (χ3v) is 2.40. The standard InChI is InChI=1S/C8H15F3N2O.3C2H6/c1-12-2-4-13(5-3-12)6-7(14)8(9,10)11;3*1-2/h7,14H,2-6H2,1H3;3*1-2H3. The van der Waals surface area contributed by atoms with Crippen molar-refractivity contribution < 1.29 is 18.3 Å². The van der Waals surface area contributed by atoms with E-state index in [1.165, 1.54) is 0 Å². The molecule has 1 aliphatic rings. The quantitative estimate of drug-likeness (QED) is 0.848. The van der Waals surface area contributed by atoms with Crippen molar-refractivity contribution in [1.29, 1.82) is 0 Å². The fraction of sp³-hybridized carbons (Fsp3) is 1.00. The summed E-state index contributed by atoms with van der Waals surface area (Å²) < 4.78 is 36.0. The van der Waals surface area contributed by atoms with Gasteiger partial charge in [0.1, 0.15) is 0 Å². The van der Waals surface area contributed by atoms with Crippen LogP contribution in [0.5, 0.6) is 0 Å². The first-order chi connectivity index (χ1) is 9.39. The summed E-state index contributed by atoms with van der Waals surface area (Å²) in [4.78, 5) is 3.69. The maximum Gasteiger partial charge on any atom is 0.415 e. The molecular formula is C14H33F3N2O. The van der Waals surface area contributed by atoms with Crippen molar-refractivity contribution in [3.8, 4) is 0 Å². The van der Waals surface area contributed by atoms with E-state index in [-0.39, 0.29) is 6.54 Å². The van der Waals surface area contributed by atoms with Crippen molar-refractivity contribution in [3.05, 3.63) is 0 Å². The predicted octanol–water partition coefficient (Wildman–Crippen LogP) is 3.24. The normalized spacial score (nSPS) is 17.6. The minimum absolute atomic E-state index is 0.308. The first-order valence-electron chi connectivity index (χ1n) is 7.55. The van der Waals surface area contributed by atoms with Gasteiger partial charge in [0.05, 0.1) is 0 Å².